The van der Waals surface area contributed by atoms with Crippen molar-refractivity contribution in [1.82, 2.24) is 4.98 Å². The molecule has 1 saturated carbocycles. The Balaban J connectivity index is 1.87. The van der Waals surface area contributed by atoms with Crippen LogP contribution < -0.4 is 10.6 Å². The number of hydrogen-bond acceptors (Lipinski definition) is 4. The van der Waals surface area contributed by atoms with Crippen LogP contribution in [0.15, 0.2) is 23.7 Å². The molecule has 4 heteroatoms. The fraction of sp³-hybridized carbons (Fsp3) is 0.500. The van der Waals surface area contributed by atoms with Crippen LogP contribution in [0.2, 0.25) is 0 Å². The Bertz CT molecular complexity index is 529. The molecule has 0 amide bonds. The van der Waals surface area contributed by atoms with Gasteiger partial charge in [0, 0.05) is 35.4 Å². The molecule has 96 valence electrons. The molecule has 1 aliphatic rings. The summed E-state index contributed by atoms with van der Waals surface area (Å²) in [4.78, 5) is 6.92. The lowest BCUT2D eigenvalue weighted by Gasteiger charge is -2.34. The van der Waals surface area contributed by atoms with Crippen molar-refractivity contribution >= 4 is 27.2 Å². The molecule has 3 nitrogen and oxygen atoms in total. The Kier molecular flexibility index (Phi) is 3.22. The Hall–Kier alpha value is -1.13. The molecule has 1 aliphatic carbocycles. The second kappa shape index (κ2) is 4.86. The molecule has 2 aromatic heterocycles. The summed E-state index contributed by atoms with van der Waals surface area (Å²) in [5.74, 6) is 1.12. The third-order valence-electron chi connectivity index (χ3n) is 3.98. The molecule has 0 aliphatic heterocycles. The summed E-state index contributed by atoms with van der Waals surface area (Å²) in [6.07, 6.45) is 6.54. The van der Waals surface area contributed by atoms with E-state index in [1.54, 1.807) is 11.3 Å². The van der Waals surface area contributed by atoms with Crippen molar-refractivity contribution in [2.45, 2.75) is 37.8 Å². The summed E-state index contributed by atoms with van der Waals surface area (Å²) in [6.45, 7) is 0. The number of anilines is 1. The second-order valence-electron chi connectivity index (χ2n) is 5.15. The highest BCUT2D eigenvalue weighted by Crippen LogP contribution is 2.31. The maximum atomic E-state index is 5.98. The molecule has 0 unspecified atom stereocenters. The first-order valence-corrected chi connectivity index (χ1v) is 7.44. The molecular weight excluding hydrogens is 242 g/mol. The first-order chi connectivity index (χ1) is 8.75. The quantitative estimate of drug-likeness (QED) is 0.903. The zero-order valence-electron chi connectivity index (χ0n) is 10.7. The van der Waals surface area contributed by atoms with Gasteiger partial charge in [-0.05, 0) is 43.2 Å². The predicted octanol–water partition coefficient (Wildman–Crippen LogP) is 3.00. The number of fused-ring (bicyclic) bond motifs is 1. The van der Waals surface area contributed by atoms with Gasteiger partial charge >= 0.3 is 0 Å². The van der Waals surface area contributed by atoms with Crippen LogP contribution in [0, 0.1) is 0 Å². The van der Waals surface area contributed by atoms with E-state index in [-0.39, 0.29) is 0 Å². The van der Waals surface area contributed by atoms with Gasteiger partial charge in [0.25, 0.3) is 0 Å². The van der Waals surface area contributed by atoms with Crippen LogP contribution in [0.25, 0.3) is 10.1 Å². The highest BCUT2D eigenvalue weighted by Gasteiger charge is 2.23. The largest absolute Gasteiger partial charge is 0.356 e. The van der Waals surface area contributed by atoms with Gasteiger partial charge in [-0.15, -0.1) is 11.3 Å². The van der Waals surface area contributed by atoms with Gasteiger partial charge in [-0.3, -0.25) is 0 Å². The number of rotatable bonds is 2. The second-order valence-corrected chi connectivity index (χ2v) is 6.09. The first kappa shape index (κ1) is 11.9. The fourth-order valence-corrected chi connectivity index (χ4v) is 3.60. The predicted molar refractivity (Wildman–Crippen MR) is 78.3 cm³/mol. The lowest BCUT2D eigenvalue weighted by atomic mass is 9.91. The Morgan fingerprint density at radius 3 is 2.83 bits per heavy atom. The summed E-state index contributed by atoms with van der Waals surface area (Å²) in [7, 11) is 2.17. The van der Waals surface area contributed by atoms with Crippen molar-refractivity contribution < 1.29 is 0 Å². The molecule has 0 radical (unpaired) electrons. The minimum absolute atomic E-state index is 0.402. The van der Waals surface area contributed by atoms with Crippen LogP contribution in [0.3, 0.4) is 0 Å². The minimum Gasteiger partial charge on any atom is -0.356 e. The molecule has 0 aromatic carbocycles. The van der Waals surface area contributed by atoms with Crippen molar-refractivity contribution in [1.29, 1.82) is 0 Å². The summed E-state index contributed by atoms with van der Waals surface area (Å²) < 4.78 is 1.32. The van der Waals surface area contributed by atoms with E-state index >= 15 is 0 Å². The van der Waals surface area contributed by atoms with Gasteiger partial charge in [0.05, 0.1) is 0 Å². The molecule has 0 atom stereocenters. The third-order valence-corrected chi connectivity index (χ3v) is 4.86. The van der Waals surface area contributed by atoms with Gasteiger partial charge in [0.1, 0.15) is 5.82 Å². The summed E-state index contributed by atoms with van der Waals surface area (Å²) in [5, 5.41) is 3.42. The van der Waals surface area contributed by atoms with Crippen LogP contribution in [0.5, 0.6) is 0 Å². The van der Waals surface area contributed by atoms with Crippen LogP contribution >= 0.6 is 11.3 Å². The number of hydrogen-bond donors (Lipinski definition) is 1. The van der Waals surface area contributed by atoms with Crippen molar-refractivity contribution in [3.05, 3.63) is 23.7 Å². The molecule has 0 spiro atoms. The van der Waals surface area contributed by atoms with Crippen LogP contribution in [-0.2, 0) is 0 Å². The number of thiophene rings is 1. The van der Waals surface area contributed by atoms with Gasteiger partial charge in [0.2, 0.25) is 0 Å². The highest BCUT2D eigenvalue weighted by molar-refractivity contribution is 7.17. The molecule has 0 bridgehead atoms. The van der Waals surface area contributed by atoms with E-state index in [0.717, 1.165) is 18.7 Å². The Labute approximate surface area is 112 Å². The normalized spacial score (nSPS) is 24.3. The standard InChI is InChI=1S/C14H19N3S/c1-17(11-4-2-10(15)3-5-11)14-12-7-9-18-13(12)6-8-16-14/h6-11H,2-5,15H2,1H3. The maximum Gasteiger partial charge on any atom is 0.137 e. The van der Waals surface area contributed by atoms with E-state index in [1.807, 2.05) is 6.20 Å². The highest BCUT2D eigenvalue weighted by atomic mass is 32.1. The SMILES string of the molecule is CN(c1nccc2sccc12)C1CCC(N)CC1. The van der Waals surface area contributed by atoms with E-state index in [9.17, 15) is 0 Å². The monoisotopic (exact) mass is 261 g/mol. The average molecular weight is 261 g/mol. The fourth-order valence-electron chi connectivity index (χ4n) is 2.82. The van der Waals surface area contributed by atoms with Gasteiger partial charge < -0.3 is 10.6 Å². The van der Waals surface area contributed by atoms with Crippen molar-refractivity contribution in [2.75, 3.05) is 11.9 Å². The summed E-state index contributed by atoms with van der Waals surface area (Å²) in [6, 6.07) is 5.25. The lowest BCUT2D eigenvalue weighted by molar-refractivity contribution is 0.384. The zero-order valence-corrected chi connectivity index (χ0v) is 11.5. The first-order valence-electron chi connectivity index (χ1n) is 6.56. The van der Waals surface area contributed by atoms with E-state index in [2.05, 4.69) is 34.4 Å². The minimum atomic E-state index is 0.402. The van der Waals surface area contributed by atoms with Crippen molar-refractivity contribution in [2.24, 2.45) is 5.73 Å². The Morgan fingerprint density at radius 2 is 2.06 bits per heavy atom. The summed E-state index contributed by atoms with van der Waals surface area (Å²) >= 11 is 1.78. The molecule has 2 N–H and O–H groups in total. The molecular formula is C14H19N3S. The molecule has 2 heterocycles. The zero-order chi connectivity index (χ0) is 12.5. The van der Waals surface area contributed by atoms with Gasteiger partial charge in [-0.25, -0.2) is 4.98 Å². The topological polar surface area (TPSA) is 42.2 Å². The van der Waals surface area contributed by atoms with E-state index in [1.165, 1.54) is 22.9 Å². The third kappa shape index (κ3) is 2.10. The number of nitrogens with two attached hydrogens (primary N) is 1. The smallest absolute Gasteiger partial charge is 0.137 e. The van der Waals surface area contributed by atoms with E-state index in [0.29, 0.717) is 12.1 Å². The molecule has 3 rings (SSSR count). The number of pyridine rings is 1. The summed E-state index contributed by atoms with van der Waals surface area (Å²) in [5.41, 5.74) is 5.98. The number of nitrogens with zero attached hydrogens (tertiary/aromatic N) is 2. The average Bonchev–Trinajstić information content (AvgIpc) is 2.87. The van der Waals surface area contributed by atoms with Crippen LogP contribution in [0.1, 0.15) is 25.7 Å². The van der Waals surface area contributed by atoms with E-state index in [4.69, 9.17) is 5.73 Å². The molecule has 0 saturated heterocycles. The van der Waals surface area contributed by atoms with Gasteiger partial charge in [-0.2, -0.15) is 0 Å². The molecule has 2 aromatic rings. The molecule has 18 heavy (non-hydrogen) atoms. The van der Waals surface area contributed by atoms with Crippen molar-refractivity contribution in [3.8, 4) is 0 Å². The number of aromatic nitrogens is 1. The van der Waals surface area contributed by atoms with Crippen molar-refractivity contribution in [3.63, 3.8) is 0 Å². The van der Waals surface area contributed by atoms with Crippen LogP contribution in [-0.4, -0.2) is 24.1 Å². The molecule has 1 fully saturated rings. The van der Waals surface area contributed by atoms with E-state index < -0.39 is 0 Å². The lowest BCUT2D eigenvalue weighted by Crippen LogP contribution is -2.39. The van der Waals surface area contributed by atoms with Crippen LogP contribution in [0.4, 0.5) is 5.82 Å². The van der Waals surface area contributed by atoms with Gasteiger partial charge in [-0.1, -0.05) is 0 Å². The maximum absolute atomic E-state index is 5.98. The van der Waals surface area contributed by atoms with Gasteiger partial charge in [0.15, 0.2) is 0 Å². The Morgan fingerprint density at radius 1 is 1.28 bits per heavy atom.